The zero-order chi connectivity index (χ0) is 40.9. The number of hydrogen-bond acceptors (Lipinski definition) is 11. The highest BCUT2D eigenvalue weighted by Crippen LogP contribution is 2.44. The molecule has 0 aromatic heterocycles. The number of likely N-dealkylation sites (N-methyl/N-ethyl adjacent to an activating group) is 1. The first-order chi connectivity index (χ1) is 28.2. The number of piperidine rings is 1. The number of carbonyl (C=O) groups is 6. The van der Waals surface area contributed by atoms with Gasteiger partial charge in [-0.05, 0) is 53.6 Å². The van der Waals surface area contributed by atoms with Crippen LogP contribution in [-0.4, -0.2) is 125 Å². The van der Waals surface area contributed by atoms with Gasteiger partial charge < -0.3 is 33.9 Å². The Hall–Kier alpha value is -5.48. The van der Waals surface area contributed by atoms with Crippen molar-refractivity contribution in [3.63, 3.8) is 0 Å². The standard InChI is InChI=1S/C43H50N4O11/c1-46(43(53)58-28-34-31-12-6-4-10-29(31)30-11-5-7-13-32(30)34)19-21-55-23-25-57-27-26-56-24-22-54-20-8-2-3-16-37(48)44-35-15-9-14-33-39(35)42(52)47(41(33)51)36-17-18-38(49)45-40(36)50/h4-7,9-15,34,36H,2-3,8,16-28H2,1H3,(H,44,48)(H,45,49,50). The van der Waals surface area contributed by atoms with Crippen molar-refractivity contribution in [2.24, 2.45) is 0 Å². The highest BCUT2D eigenvalue weighted by molar-refractivity contribution is 6.26. The Balaban J connectivity index is 0.731. The number of unbranched alkanes of at least 4 members (excludes halogenated alkanes) is 2. The molecule has 0 radical (unpaired) electrons. The number of rotatable bonds is 22. The van der Waals surface area contributed by atoms with Crippen LogP contribution in [-0.2, 0) is 38.1 Å². The third-order valence-electron chi connectivity index (χ3n) is 10.3. The van der Waals surface area contributed by atoms with Crippen molar-refractivity contribution in [1.29, 1.82) is 0 Å². The van der Waals surface area contributed by atoms with Crippen molar-refractivity contribution in [2.45, 2.75) is 50.5 Å². The molecule has 0 bridgehead atoms. The molecule has 1 atom stereocenters. The highest BCUT2D eigenvalue weighted by Gasteiger charge is 2.45. The van der Waals surface area contributed by atoms with Gasteiger partial charge in [-0.25, -0.2) is 4.79 Å². The molecule has 1 aliphatic carbocycles. The molecule has 2 N–H and O–H groups in total. The predicted molar refractivity (Wildman–Crippen MR) is 211 cm³/mol. The Morgan fingerprint density at radius 2 is 1.33 bits per heavy atom. The Morgan fingerprint density at radius 1 is 0.724 bits per heavy atom. The Labute approximate surface area is 337 Å². The third-order valence-corrected chi connectivity index (χ3v) is 10.3. The molecule has 0 spiro atoms. The molecule has 308 valence electrons. The minimum atomic E-state index is -1.08. The number of ether oxygens (including phenoxy) is 5. The monoisotopic (exact) mass is 798 g/mol. The van der Waals surface area contributed by atoms with Crippen molar-refractivity contribution < 1.29 is 52.5 Å². The van der Waals surface area contributed by atoms with E-state index in [1.807, 2.05) is 24.3 Å². The number of nitrogens with zero attached hydrogens (tertiary/aromatic N) is 2. The van der Waals surface area contributed by atoms with Crippen molar-refractivity contribution in [2.75, 3.05) is 78.4 Å². The number of amides is 6. The molecule has 2 heterocycles. The molecule has 15 heteroatoms. The van der Waals surface area contributed by atoms with Crippen LogP contribution in [0.5, 0.6) is 0 Å². The summed E-state index contributed by atoms with van der Waals surface area (Å²) in [7, 11) is 1.69. The van der Waals surface area contributed by atoms with E-state index in [0.717, 1.165) is 17.7 Å². The first-order valence-corrected chi connectivity index (χ1v) is 19.8. The van der Waals surface area contributed by atoms with E-state index in [9.17, 15) is 28.8 Å². The van der Waals surface area contributed by atoms with Crippen LogP contribution in [0.25, 0.3) is 11.1 Å². The van der Waals surface area contributed by atoms with E-state index in [2.05, 4.69) is 34.9 Å². The molecule has 3 aromatic rings. The van der Waals surface area contributed by atoms with E-state index >= 15 is 0 Å². The zero-order valence-electron chi connectivity index (χ0n) is 32.7. The lowest BCUT2D eigenvalue weighted by Gasteiger charge is -2.27. The fourth-order valence-corrected chi connectivity index (χ4v) is 7.26. The van der Waals surface area contributed by atoms with E-state index in [0.29, 0.717) is 65.8 Å². The summed E-state index contributed by atoms with van der Waals surface area (Å²) in [5.74, 6) is -2.72. The minimum absolute atomic E-state index is 0.0158. The van der Waals surface area contributed by atoms with Crippen LogP contribution < -0.4 is 10.6 Å². The second-order valence-electron chi connectivity index (χ2n) is 14.2. The molecule has 6 rings (SSSR count). The van der Waals surface area contributed by atoms with Crippen LogP contribution in [0.3, 0.4) is 0 Å². The van der Waals surface area contributed by atoms with Gasteiger partial charge in [0.15, 0.2) is 0 Å². The van der Waals surface area contributed by atoms with Gasteiger partial charge in [-0.2, -0.15) is 0 Å². The average Bonchev–Trinajstić information content (AvgIpc) is 3.68. The summed E-state index contributed by atoms with van der Waals surface area (Å²) in [6.07, 6.45) is 2.02. The predicted octanol–water partition coefficient (Wildman–Crippen LogP) is 4.53. The molecule has 1 unspecified atom stereocenters. The van der Waals surface area contributed by atoms with Gasteiger partial charge in [-0.3, -0.25) is 34.2 Å². The molecule has 6 amide bonds. The lowest BCUT2D eigenvalue weighted by Crippen LogP contribution is -2.54. The van der Waals surface area contributed by atoms with Gasteiger partial charge in [0.2, 0.25) is 17.7 Å². The lowest BCUT2D eigenvalue weighted by molar-refractivity contribution is -0.136. The third kappa shape index (κ3) is 10.5. The van der Waals surface area contributed by atoms with Crippen molar-refractivity contribution in [3.8, 4) is 11.1 Å². The second kappa shape index (κ2) is 20.8. The number of hydrogen-bond donors (Lipinski definition) is 2. The molecule has 2 aliphatic heterocycles. The maximum absolute atomic E-state index is 13.2. The van der Waals surface area contributed by atoms with Crippen LogP contribution in [0.4, 0.5) is 10.5 Å². The largest absolute Gasteiger partial charge is 0.448 e. The quantitative estimate of drug-likeness (QED) is 0.108. The van der Waals surface area contributed by atoms with Gasteiger partial charge in [0.05, 0.1) is 63.1 Å². The van der Waals surface area contributed by atoms with Gasteiger partial charge >= 0.3 is 6.09 Å². The Kier molecular flexibility index (Phi) is 15.1. The van der Waals surface area contributed by atoms with Gasteiger partial charge in [0.25, 0.3) is 11.8 Å². The second-order valence-corrected chi connectivity index (χ2v) is 14.2. The summed E-state index contributed by atoms with van der Waals surface area (Å²) in [5, 5.41) is 4.91. The summed E-state index contributed by atoms with van der Waals surface area (Å²) in [5.41, 5.74) is 5.10. The number of benzene rings is 3. The molecular formula is C43H50N4O11. The molecule has 15 nitrogen and oxygen atoms in total. The average molecular weight is 799 g/mol. The molecule has 0 saturated carbocycles. The van der Waals surface area contributed by atoms with Crippen molar-refractivity contribution in [3.05, 3.63) is 89.0 Å². The van der Waals surface area contributed by atoms with Gasteiger partial charge in [0.1, 0.15) is 12.6 Å². The minimum Gasteiger partial charge on any atom is -0.448 e. The zero-order valence-corrected chi connectivity index (χ0v) is 32.7. The number of nitrogens with one attached hydrogen (secondary N) is 2. The van der Waals surface area contributed by atoms with Crippen molar-refractivity contribution >= 4 is 41.3 Å². The Bertz CT molecular complexity index is 1920. The SMILES string of the molecule is CN(CCOCCOCCOCCOCCCCCC(=O)Nc1cccc2c1C(=O)N(C1CCC(=O)NC1=O)C2=O)C(=O)OCC1c2ccccc2-c2ccccc21. The van der Waals surface area contributed by atoms with Crippen molar-refractivity contribution in [1.82, 2.24) is 15.1 Å². The van der Waals surface area contributed by atoms with Crippen LogP contribution in [0.1, 0.15) is 76.3 Å². The summed E-state index contributed by atoms with van der Waals surface area (Å²) < 4.78 is 28.0. The van der Waals surface area contributed by atoms with E-state index in [4.69, 9.17) is 23.7 Å². The van der Waals surface area contributed by atoms with E-state index in [-0.39, 0.29) is 60.6 Å². The smallest absolute Gasteiger partial charge is 0.409 e. The van der Waals surface area contributed by atoms with E-state index in [1.54, 1.807) is 19.2 Å². The van der Waals surface area contributed by atoms with E-state index in [1.165, 1.54) is 33.2 Å². The number of anilines is 1. The van der Waals surface area contributed by atoms with Crippen LogP contribution in [0, 0.1) is 0 Å². The maximum atomic E-state index is 13.2. The molecule has 1 fully saturated rings. The fourth-order valence-electron chi connectivity index (χ4n) is 7.26. The normalized spacial score (nSPS) is 15.9. The lowest BCUT2D eigenvalue weighted by atomic mass is 9.98. The van der Waals surface area contributed by atoms with Gasteiger partial charge in [-0.1, -0.05) is 61.0 Å². The highest BCUT2D eigenvalue weighted by atomic mass is 16.6. The molecule has 1 saturated heterocycles. The molecule has 3 aromatic carbocycles. The molecular weight excluding hydrogens is 748 g/mol. The van der Waals surface area contributed by atoms with Gasteiger partial charge in [-0.15, -0.1) is 0 Å². The topological polar surface area (TPSA) is 179 Å². The molecule has 3 aliphatic rings. The van der Waals surface area contributed by atoms with Crippen LogP contribution in [0.15, 0.2) is 66.7 Å². The van der Waals surface area contributed by atoms with Crippen LogP contribution in [0.2, 0.25) is 0 Å². The Morgan fingerprint density at radius 3 is 1.98 bits per heavy atom. The molecule has 58 heavy (non-hydrogen) atoms. The number of imide groups is 2. The summed E-state index contributed by atoms with van der Waals surface area (Å²) in [4.78, 5) is 77.8. The first-order valence-electron chi connectivity index (χ1n) is 19.8. The summed E-state index contributed by atoms with van der Waals surface area (Å²) >= 11 is 0. The fraction of sp³-hybridized carbons (Fsp3) is 0.442. The van der Waals surface area contributed by atoms with Crippen LogP contribution >= 0.6 is 0 Å². The van der Waals surface area contributed by atoms with Gasteiger partial charge in [0, 0.05) is 39.0 Å². The first kappa shape index (κ1) is 42.1. The summed E-state index contributed by atoms with van der Waals surface area (Å²) in [6, 6.07) is 20.0. The van der Waals surface area contributed by atoms with E-state index < -0.39 is 29.7 Å². The maximum Gasteiger partial charge on any atom is 0.409 e. The number of carbonyl (C=O) groups excluding carboxylic acids is 6. The number of fused-ring (bicyclic) bond motifs is 4. The summed E-state index contributed by atoms with van der Waals surface area (Å²) in [6.45, 7) is 4.04.